The summed E-state index contributed by atoms with van der Waals surface area (Å²) in [6.07, 6.45) is 10.2. The Morgan fingerprint density at radius 2 is 2.00 bits per heavy atom. The van der Waals surface area contributed by atoms with Gasteiger partial charge in [0.25, 0.3) is 5.88 Å². The first-order valence-corrected chi connectivity index (χ1v) is 7.41. The minimum atomic E-state index is 0.0821. The maximum absolute atomic E-state index is 12.2. The second kappa shape index (κ2) is 6.48. The zero-order chi connectivity index (χ0) is 14.5. The molecule has 0 N–H and O–H groups in total. The summed E-state index contributed by atoms with van der Waals surface area (Å²) in [5.74, 6) is 0.684. The zero-order valence-electron chi connectivity index (χ0n) is 11.9. The molecule has 2 aromatic rings. The van der Waals surface area contributed by atoms with E-state index in [0.29, 0.717) is 12.4 Å². The number of rotatable bonds is 5. The number of carbonyl (C=O) groups excluding carboxylic acids is 1. The Morgan fingerprint density at radius 1 is 1.24 bits per heavy atom. The molecule has 1 aromatic carbocycles. The van der Waals surface area contributed by atoms with Gasteiger partial charge in [0.1, 0.15) is 6.10 Å². The van der Waals surface area contributed by atoms with Crippen LogP contribution in [-0.2, 0) is 6.54 Å². The van der Waals surface area contributed by atoms with E-state index in [2.05, 4.69) is 4.98 Å². The highest BCUT2D eigenvalue weighted by Gasteiger charge is 2.19. The van der Waals surface area contributed by atoms with Crippen molar-refractivity contribution < 1.29 is 14.1 Å². The molecule has 1 saturated carbocycles. The minimum Gasteiger partial charge on any atom is -0.470 e. The number of ketones is 1. The first-order valence-electron chi connectivity index (χ1n) is 7.41. The maximum atomic E-state index is 12.2. The monoisotopic (exact) mass is 283 g/mol. The van der Waals surface area contributed by atoms with Crippen LogP contribution in [0.25, 0.3) is 0 Å². The SMILES string of the molecule is O=C(C[n+]1ccnc(OC2CCCC2)c1)c1ccccc1. The van der Waals surface area contributed by atoms with Gasteiger partial charge in [0, 0.05) is 5.56 Å². The Kier molecular flexibility index (Phi) is 4.24. The van der Waals surface area contributed by atoms with Gasteiger partial charge in [-0.1, -0.05) is 30.3 Å². The second-order valence-corrected chi connectivity index (χ2v) is 5.38. The molecule has 21 heavy (non-hydrogen) atoms. The Balaban J connectivity index is 1.66. The van der Waals surface area contributed by atoms with Crippen molar-refractivity contribution in [3.8, 4) is 5.88 Å². The lowest BCUT2D eigenvalue weighted by Crippen LogP contribution is -2.37. The lowest BCUT2D eigenvalue weighted by Gasteiger charge is -2.10. The number of hydrogen-bond acceptors (Lipinski definition) is 3. The predicted octanol–water partition coefficient (Wildman–Crippen LogP) is 2.57. The average Bonchev–Trinajstić information content (AvgIpc) is 3.01. The third-order valence-electron chi connectivity index (χ3n) is 3.75. The van der Waals surface area contributed by atoms with Crippen LogP contribution in [-0.4, -0.2) is 16.9 Å². The molecule has 1 heterocycles. The van der Waals surface area contributed by atoms with Crippen molar-refractivity contribution in [1.82, 2.24) is 4.98 Å². The van der Waals surface area contributed by atoms with E-state index in [9.17, 15) is 4.79 Å². The average molecular weight is 283 g/mol. The van der Waals surface area contributed by atoms with E-state index in [4.69, 9.17) is 4.74 Å². The van der Waals surface area contributed by atoms with Gasteiger partial charge in [0.2, 0.25) is 18.5 Å². The van der Waals surface area contributed by atoms with Crippen LogP contribution in [0.4, 0.5) is 0 Å². The van der Waals surface area contributed by atoms with Crippen molar-refractivity contribution in [1.29, 1.82) is 0 Å². The normalized spacial score (nSPS) is 15.0. The molecule has 1 fully saturated rings. The van der Waals surface area contributed by atoms with E-state index in [0.717, 1.165) is 18.4 Å². The molecule has 1 aliphatic carbocycles. The molecule has 0 saturated heterocycles. The van der Waals surface area contributed by atoms with Crippen LogP contribution in [0.3, 0.4) is 0 Å². The van der Waals surface area contributed by atoms with E-state index in [1.165, 1.54) is 12.8 Å². The molecule has 4 nitrogen and oxygen atoms in total. The quantitative estimate of drug-likeness (QED) is 0.625. The summed E-state index contributed by atoms with van der Waals surface area (Å²) < 4.78 is 7.69. The third kappa shape index (κ3) is 3.66. The van der Waals surface area contributed by atoms with Gasteiger partial charge < -0.3 is 4.74 Å². The van der Waals surface area contributed by atoms with E-state index in [-0.39, 0.29) is 11.9 Å². The van der Waals surface area contributed by atoms with Gasteiger partial charge >= 0.3 is 0 Å². The van der Waals surface area contributed by atoms with Gasteiger partial charge in [-0.25, -0.2) is 4.98 Å². The molecule has 4 heteroatoms. The Morgan fingerprint density at radius 3 is 2.76 bits per heavy atom. The van der Waals surface area contributed by atoms with Crippen LogP contribution >= 0.6 is 0 Å². The Bertz CT molecular complexity index is 607. The van der Waals surface area contributed by atoms with Crippen LogP contribution < -0.4 is 9.30 Å². The van der Waals surface area contributed by atoms with E-state index < -0.39 is 0 Å². The summed E-state index contributed by atoms with van der Waals surface area (Å²) in [5, 5.41) is 0. The molecule has 0 atom stereocenters. The molecule has 0 unspecified atom stereocenters. The number of hydrogen-bond donors (Lipinski definition) is 0. The second-order valence-electron chi connectivity index (χ2n) is 5.38. The fourth-order valence-corrected chi connectivity index (χ4v) is 2.63. The fourth-order valence-electron chi connectivity index (χ4n) is 2.63. The van der Waals surface area contributed by atoms with Crippen molar-refractivity contribution in [2.24, 2.45) is 0 Å². The molecule has 0 amide bonds. The lowest BCUT2D eigenvalue weighted by atomic mass is 10.1. The van der Waals surface area contributed by atoms with Gasteiger partial charge in [-0.15, -0.1) is 0 Å². The largest absolute Gasteiger partial charge is 0.470 e. The fraction of sp³-hybridized carbons (Fsp3) is 0.353. The molecule has 0 spiro atoms. The third-order valence-corrected chi connectivity index (χ3v) is 3.75. The van der Waals surface area contributed by atoms with Crippen LogP contribution in [0, 0.1) is 0 Å². The summed E-state index contributed by atoms with van der Waals surface area (Å²) in [5.41, 5.74) is 0.722. The van der Waals surface area contributed by atoms with Crippen molar-refractivity contribution in [2.45, 2.75) is 38.3 Å². The molecular weight excluding hydrogens is 264 g/mol. The minimum absolute atomic E-state index is 0.0821. The highest BCUT2D eigenvalue weighted by atomic mass is 16.5. The molecule has 0 aliphatic heterocycles. The maximum Gasteiger partial charge on any atom is 0.280 e. The van der Waals surface area contributed by atoms with E-state index in [1.54, 1.807) is 18.6 Å². The van der Waals surface area contributed by atoms with Crippen molar-refractivity contribution >= 4 is 5.78 Å². The highest BCUT2D eigenvalue weighted by molar-refractivity contribution is 5.94. The summed E-state index contributed by atoms with van der Waals surface area (Å²) in [7, 11) is 0. The molecular formula is C17H19N2O2+. The van der Waals surface area contributed by atoms with E-state index in [1.807, 2.05) is 34.9 Å². The first-order chi connectivity index (χ1) is 10.3. The summed E-state index contributed by atoms with van der Waals surface area (Å²) in [4.78, 5) is 16.4. The Hall–Kier alpha value is -2.23. The summed E-state index contributed by atoms with van der Waals surface area (Å²) in [6.45, 7) is 0.299. The number of Topliss-reactive ketones (excluding diaryl/α,β-unsaturated/α-hetero) is 1. The molecule has 0 radical (unpaired) electrons. The molecule has 3 rings (SSSR count). The summed E-state index contributed by atoms with van der Waals surface area (Å²) in [6, 6.07) is 9.32. The standard InChI is InChI=1S/C17H19N2O2/c20-16(14-6-2-1-3-7-14)12-19-11-10-18-17(13-19)21-15-8-4-5-9-15/h1-3,6-7,10-11,13,15H,4-5,8-9,12H2/q+1. The summed E-state index contributed by atoms with van der Waals surface area (Å²) >= 11 is 0. The van der Waals surface area contributed by atoms with Crippen LogP contribution in [0.2, 0.25) is 0 Å². The zero-order valence-corrected chi connectivity index (χ0v) is 11.9. The van der Waals surface area contributed by atoms with Crippen molar-refractivity contribution in [3.05, 3.63) is 54.5 Å². The van der Waals surface area contributed by atoms with Gasteiger partial charge in [-0.05, 0) is 25.7 Å². The number of ether oxygens (including phenoxy) is 1. The lowest BCUT2D eigenvalue weighted by molar-refractivity contribution is -0.684. The van der Waals surface area contributed by atoms with E-state index >= 15 is 0 Å². The highest BCUT2D eigenvalue weighted by Crippen LogP contribution is 2.21. The number of benzene rings is 1. The van der Waals surface area contributed by atoms with Crippen molar-refractivity contribution in [3.63, 3.8) is 0 Å². The first kappa shape index (κ1) is 13.7. The van der Waals surface area contributed by atoms with Crippen LogP contribution in [0.15, 0.2) is 48.9 Å². The van der Waals surface area contributed by atoms with Crippen LogP contribution in [0.5, 0.6) is 5.88 Å². The van der Waals surface area contributed by atoms with Gasteiger partial charge in [0.05, 0.1) is 6.20 Å². The number of carbonyl (C=O) groups is 1. The molecule has 108 valence electrons. The van der Waals surface area contributed by atoms with Gasteiger partial charge in [-0.2, -0.15) is 4.57 Å². The molecule has 0 bridgehead atoms. The van der Waals surface area contributed by atoms with Gasteiger partial charge in [-0.3, -0.25) is 4.79 Å². The number of aromatic nitrogens is 2. The van der Waals surface area contributed by atoms with Crippen LogP contribution in [0.1, 0.15) is 36.0 Å². The molecule has 1 aromatic heterocycles. The smallest absolute Gasteiger partial charge is 0.280 e. The Labute approximate surface area is 124 Å². The molecule has 1 aliphatic rings. The number of nitrogens with zero attached hydrogens (tertiary/aromatic N) is 2. The topological polar surface area (TPSA) is 43.1 Å². The van der Waals surface area contributed by atoms with Crippen molar-refractivity contribution in [2.75, 3.05) is 0 Å². The van der Waals surface area contributed by atoms with Gasteiger partial charge in [0.15, 0.2) is 6.20 Å². The predicted molar refractivity (Wildman–Crippen MR) is 78.1 cm³/mol.